The highest BCUT2D eigenvalue weighted by atomic mass is 16.5. The van der Waals surface area contributed by atoms with E-state index in [-0.39, 0.29) is 18.0 Å². The zero-order chi connectivity index (χ0) is 21.7. The summed E-state index contributed by atoms with van der Waals surface area (Å²) >= 11 is 0. The lowest BCUT2D eigenvalue weighted by Gasteiger charge is -2.21. The van der Waals surface area contributed by atoms with Crippen molar-refractivity contribution in [3.63, 3.8) is 0 Å². The Hall–Kier alpha value is -2.74. The molecule has 0 unspecified atom stereocenters. The van der Waals surface area contributed by atoms with Gasteiger partial charge in [-0.15, -0.1) is 0 Å². The summed E-state index contributed by atoms with van der Waals surface area (Å²) in [6.45, 7) is 7.48. The third-order valence-electron chi connectivity index (χ3n) is 4.63. The monoisotopic (exact) mass is 412 g/mol. The molecule has 0 atom stereocenters. The molecule has 30 heavy (non-hydrogen) atoms. The molecule has 0 bridgehead atoms. The summed E-state index contributed by atoms with van der Waals surface area (Å²) in [7, 11) is 4.02. The van der Waals surface area contributed by atoms with E-state index in [1.807, 2.05) is 47.0 Å². The first kappa shape index (κ1) is 22.0. The number of pyridine rings is 1. The lowest BCUT2D eigenvalue weighted by molar-refractivity contribution is -0.120. The highest BCUT2D eigenvalue weighted by molar-refractivity contribution is 5.81. The van der Waals surface area contributed by atoms with Crippen LogP contribution in [0.15, 0.2) is 18.3 Å². The number of nitrogens with zero attached hydrogens (tertiary/aromatic N) is 4. The topological polar surface area (TPSA) is 92.3 Å². The highest BCUT2D eigenvalue weighted by Crippen LogP contribution is 2.29. The molecule has 2 heterocycles. The zero-order valence-corrected chi connectivity index (χ0v) is 18.6. The second-order valence-corrected chi connectivity index (χ2v) is 8.85. The molecule has 0 aromatic carbocycles. The summed E-state index contributed by atoms with van der Waals surface area (Å²) in [5.74, 6) is 1.94. The molecular formula is C22H32N6O2. The molecular weight excluding hydrogens is 380 g/mol. The van der Waals surface area contributed by atoms with Crippen molar-refractivity contribution in [3.8, 4) is 17.3 Å². The first-order chi connectivity index (χ1) is 14.2. The number of aromatic nitrogens is 3. The molecule has 1 amide bonds. The molecule has 1 aliphatic rings. The van der Waals surface area contributed by atoms with E-state index >= 15 is 0 Å². The fraction of sp³-hybridized carbons (Fsp3) is 0.545. The largest absolute Gasteiger partial charge is 0.492 e. The molecule has 2 N–H and O–H groups in total. The summed E-state index contributed by atoms with van der Waals surface area (Å²) < 4.78 is 5.82. The molecule has 0 aliphatic heterocycles. The van der Waals surface area contributed by atoms with Crippen molar-refractivity contribution in [1.82, 2.24) is 25.2 Å². The fourth-order valence-corrected chi connectivity index (χ4v) is 3.29. The van der Waals surface area contributed by atoms with Gasteiger partial charge in [0.15, 0.2) is 5.82 Å². The van der Waals surface area contributed by atoms with Crippen molar-refractivity contribution in [1.29, 1.82) is 0 Å². The van der Waals surface area contributed by atoms with Crippen LogP contribution in [-0.2, 0) is 17.6 Å². The maximum atomic E-state index is 12.2. The van der Waals surface area contributed by atoms with Crippen molar-refractivity contribution in [2.45, 2.75) is 45.6 Å². The Balaban J connectivity index is 1.78. The Morgan fingerprint density at radius 2 is 2.03 bits per heavy atom. The lowest BCUT2D eigenvalue weighted by atomic mass is 10.1. The van der Waals surface area contributed by atoms with Gasteiger partial charge in [0.1, 0.15) is 23.9 Å². The van der Waals surface area contributed by atoms with Gasteiger partial charge < -0.3 is 20.3 Å². The van der Waals surface area contributed by atoms with Crippen LogP contribution >= 0.6 is 0 Å². The van der Waals surface area contributed by atoms with Crippen molar-refractivity contribution < 1.29 is 9.53 Å². The van der Waals surface area contributed by atoms with Crippen LogP contribution in [0.3, 0.4) is 0 Å². The van der Waals surface area contributed by atoms with Crippen LogP contribution in [0, 0.1) is 0 Å². The number of nitrogens with one attached hydrogen (secondary N) is 2. The van der Waals surface area contributed by atoms with Gasteiger partial charge in [-0.1, -0.05) is 0 Å². The molecule has 2 aromatic heterocycles. The number of carbonyl (C=O) groups excluding carboxylic acids is 1. The predicted octanol–water partition coefficient (Wildman–Crippen LogP) is 2.29. The molecule has 1 aliphatic carbocycles. The van der Waals surface area contributed by atoms with Gasteiger partial charge in [0, 0.05) is 35.6 Å². The lowest BCUT2D eigenvalue weighted by Crippen LogP contribution is -2.43. The van der Waals surface area contributed by atoms with Crippen molar-refractivity contribution >= 4 is 11.7 Å². The third kappa shape index (κ3) is 6.13. The summed E-state index contributed by atoms with van der Waals surface area (Å²) in [6, 6.07) is 3.70. The molecule has 2 aromatic rings. The van der Waals surface area contributed by atoms with Gasteiger partial charge in [0.05, 0.1) is 6.54 Å². The quantitative estimate of drug-likeness (QED) is 0.687. The van der Waals surface area contributed by atoms with Crippen LogP contribution in [-0.4, -0.2) is 65.1 Å². The van der Waals surface area contributed by atoms with Gasteiger partial charge in [0.25, 0.3) is 0 Å². The van der Waals surface area contributed by atoms with Crippen LogP contribution < -0.4 is 15.4 Å². The Labute approximate surface area is 178 Å². The molecule has 8 nitrogen and oxygen atoms in total. The molecule has 8 heteroatoms. The van der Waals surface area contributed by atoms with Gasteiger partial charge in [-0.05, 0) is 60.2 Å². The van der Waals surface area contributed by atoms with E-state index in [0.717, 1.165) is 48.6 Å². The van der Waals surface area contributed by atoms with E-state index in [1.54, 1.807) is 6.20 Å². The van der Waals surface area contributed by atoms with Crippen molar-refractivity contribution in [3.05, 3.63) is 29.6 Å². The third-order valence-corrected chi connectivity index (χ3v) is 4.63. The number of hydrogen-bond donors (Lipinski definition) is 2. The number of fused-ring (bicyclic) bond motifs is 1. The fourth-order valence-electron chi connectivity index (χ4n) is 3.29. The predicted molar refractivity (Wildman–Crippen MR) is 118 cm³/mol. The zero-order valence-electron chi connectivity index (χ0n) is 18.6. The summed E-state index contributed by atoms with van der Waals surface area (Å²) in [5.41, 5.74) is 2.52. The maximum absolute atomic E-state index is 12.2. The van der Waals surface area contributed by atoms with E-state index in [0.29, 0.717) is 18.1 Å². The van der Waals surface area contributed by atoms with E-state index in [9.17, 15) is 4.79 Å². The SMILES string of the molecule is CN(C)CCOc1ccnc(-c2nc3c(c(NCC(=O)NC(C)(C)C)n2)CCC3)c1. The molecule has 0 spiro atoms. The minimum absolute atomic E-state index is 0.0659. The number of carbonyl (C=O) groups is 1. The Morgan fingerprint density at radius 3 is 2.77 bits per heavy atom. The summed E-state index contributed by atoms with van der Waals surface area (Å²) in [6.07, 6.45) is 4.57. The average molecular weight is 413 g/mol. The standard InChI is InChI=1S/C22H32N6O2/c1-22(2,3)27-19(29)14-24-20-16-7-6-8-17(16)25-21(26-20)18-13-15(9-10-23-18)30-12-11-28(4)5/h9-10,13H,6-8,11-12,14H2,1-5H3,(H,27,29)(H,24,25,26). The molecule has 0 saturated heterocycles. The minimum atomic E-state index is -0.269. The number of aryl methyl sites for hydroxylation is 1. The smallest absolute Gasteiger partial charge is 0.239 e. The molecule has 0 radical (unpaired) electrons. The second kappa shape index (κ2) is 9.38. The number of amides is 1. The van der Waals surface area contributed by atoms with Gasteiger partial charge in [0.2, 0.25) is 5.91 Å². The minimum Gasteiger partial charge on any atom is -0.492 e. The Morgan fingerprint density at radius 1 is 1.23 bits per heavy atom. The van der Waals surface area contributed by atoms with Gasteiger partial charge in [-0.3, -0.25) is 9.78 Å². The van der Waals surface area contributed by atoms with E-state index in [1.165, 1.54) is 0 Å². The average Bonchev–Trinajstić information content (AvgIpc) is 3.13. The number of likely N-dealkylation sites (N-methyl/N-ethyl adjacent to an activating group) is 1. The summed E-state index contributed by atoms with van der Waals surface area (Å²) in [5, 5.41) is 6.17. The Bertz CT molecular complexity index is 892. The molecule has 3 rings (SSSR count). The second-order valence-electron chi connectivity index (χ2n) is 8.85. The van der Waals surface area contributed by atoms with Crippen LogP contribution in [0.25, 0.3) is 11.5 Å². The number of ether oxygens (including phenoxy) is 1. The normalized spacial score (nSPS) is 13.3. The van der Waals surface area contributed by atoms with Crippen LogP contribution in [0.1, 0.15) is 38.4 Å². The maximum Gasteiger partial charge on any atom is 0.239 e. The highest BCUT2D eigenvalue weighted by Gasteiger charge is 2.21. The number of anilines is 1. The molecule has 0 fully saturated rings. The molecule has 162 valence electrons. The van der Waals surface area contributed by atoms with E-state index in [4.69, 9.17) is 14.7 Å². The van der Waals surface area contributed by atoms with Gasteiger partial charge in [-0.25, -0.2) is 9.97 Å². The summed E-state index contributed by atoms with van der Waals surface area (Å²) in [4.78, 5) is 28.2. The number of rotatable bonds is 8. The van der Waals surface area contributed by atoms with E-state index < -0.39 is 0 Å². The van der Waals surface area contributed by atoms with Gasteiger partial charge >= 0.3 is 0 Å². The first-order valence-corrected chi connectivity index (χ1v) is 10.4. The van der Waals surface area contributed by atoms with Crippen LogP contribution in [0.4, 0.5) is 5.82 Å². The van der Waals surface area contributed by atoms with Crippen LogP contribution in [0.5, 0.6) is 5.75 Å². The first-order valence-electron chi connectivity index (χ1n) is 10.4. The Kier molecular flexibility index (Phi) is 6.87. The van der Waals surface area contributed by atoms with Crippen molar-refractivity contribution in [2.24, 2.45) is 0 Å². The van der Waals surface area contributed by atoms with E-state index in [2.05, 4.69) is 20.5 Å². The number of hydrogen-bond acceptors (Lipinski definition) is 7. The molecule has 0 saturated carbocycles. The van der Waals surface area contributed by atoms with Crippen LogP contribution in [0.2, 0.25) is 0 Å². The van der Waals surface area contributed by atoms with Gasteiger partial charge in [-0.2, -0.15) is 0 Å². The van der Waals surface area contributed by atoms with Crippen molar-refractivity contribution in [2.75, 3.05) is 39.1 Å².